The number of Topliss-reactive ketones (excluding diaryl/α,β-unsaturated/α-hetero) is 1. The first-order chi connectivity index (χ1) is 19.1. The summed E-state index contributed by atoms with van der Waals surface area (Å²) in [4.78, 5) is 26.1. The number of ether oxygens (including phenoxy) is 2. The minimum atomic E-state index is -1.53. The molecule has 0 radical (unpaired) electrons. The molecular weight excluding hydrogens is 507 g/mol. The molecule has 1 N–H and O–H groups in total. The zero-order valence-corrected chi connectivity index (χ0v) is 24.1. The molecule has 216 valence electrons. The Kier molecular flexibility index (Phi) is 8.26. The molecule has 0 aromatic heterocycles. The molecule has 3 aliphatic carbocycles. The van der Waals surface area contributed by atoms with Crippen LogP contribution in [0.15, 0.2) is 42.5 Å². The molecule has 0 heterocycles. The number of hydrogen-bond acceptors (Lipinski definition) is 4. The van der Waals surface area contributed by atoms with Crippen molar-refractivity contribution >= 4 is 11.8 Å². The van der Waals surface area contributed by atoms with Crippen molar-refractivity contribution < 1.29 is 28.6 Å². The predicted octanol–water partition coefficient (Wildman–Crippen LogP) is 7.76. The highest BCUT2D eigenvalue weighted by Crippen LogP contribution is 2.54. The van der Waals surface area contributed by atoms with Gasteiger partial charge in [0.1, 0.15) is 23.0 Å². The zero-order valence-electron chi connectivity index (χ0n) is 24.1. The molecule has 2 unspecified atom stereocenters. The molecule has 3 aliphatic rings. The average molecular weight is 551 g/mol. The summed E-state index contributed by atoms with van der Waals surface area (Å²) in [6.45, 7) is 5.51. The highest BCUT2D eigenvalue weighted by molar-refractivity contribution is 5.89. The lowest BCUT2D eigenvalue weighted by molar-refractivity contribution is -0.170. The molecule has 2 aromatic carbocycles. The van der Waals surface area contributed by atoms with Crippen LogP contribution in [0, 0.1) is 18.3 Å². The Morgan fingerprint density at radius 2 is 1.57 bits per heavy atom. The van der Waals surface area contributed by atoms with Gasteiger partial charge in [0, 0.05) is 17.9 Å². The average Bonchev–Trinajstić information content (AvgIpc) is 3.82. The summed E-state index contributed by atoms with van der Waals surface area (Å²) < 4.78 is 27.0. The van der Waals surface area contributed by atoms with Gasteiger partial charge in [0.2, 0.25) is 0 Å². The molecule has 40 heavy (non-hydrogen) atoms. The van der Waals surface area contributed by atoms with Crippen LogP contribution in [0.2, 0.25) is 0 Å². The molecule has 0 amide bonds. The Bertz CT molecular complexity index is 1170. The van der Waals surface area contributed by atoms with Gasteiger partial charge in [-0.05, 0) is 101 Å². The second kappa shape index (κ2) is 11.5. The minimum Gasteiger partial charge on any atom is -0.490 e. The lowest BCUT2D eigenvalue weighted by atomic mass is 9.57. The van der Waals surface area contributed by atoms with Crippen LogP contribution < -0.4 is 9.47 Å². The van der Waals surface area contributed by atoms with E-state index in [1.54, 1.807) is 0 Å². The Balaban J connectivity index is 1.37. The van der Waals surface area contributed by atoms with Crippen molar-refractivity contribution in [3.05, 3.63) is 59.2 Å². The van der Waals surface area contributed by atoms with Gasteiger partial charge in [-0.15, -0.1) is 0 Å². The predicted molar refractivity (Wildman–Crippen MR) is 153 cm³/mol. The van der Waals surface area contributed by atoms with Crippen LogP contribution in [0.1, 0.15) is 101 Å². The van der Waals surface area contributed by atoms with Crippen LogP contribution in [0.5, 0.6) is 11.5 Å². The fraction of sp³-hybridized carbons (Fsp3) is 0.588. The van der Waals surface area contributed by atoms with Gasteiger partial charge < -0.3 is 14.6 Å². The number of carboxylic acids is 1. The highest BCUT2D eigenvalue weighted by Gasteiger charge is 2.58. The van der Waals surface area contributed by atoms with E-state index in [-0.39, 0.29) is 49.1 Å². The van der Waals surface area contributed by atoms with Crippen LogP contribution in [-0.4, -0.2) is 34.7 Å². The first-order valence-corrected chi connectivity index (χ1v) is 15.0. The number of unbranched alkanes of at least 4 members (excludes halogenated alkanes) is 1. The number of halogens is 1. The fourth-order valence-electron chi connectivity index (χ4n) is 6.36. The maximum absolute atomic E-state index is 14.5. The maximum Gasteiger partial charge on any atom is 0.310 e. The standard InChI is InChI=1S/C34H43FO5/c1-22(25-17-30(39-26-13-14-26)23(2)31(18-25)40-27-15-16-27)28(12-8-7-11-24-9-5-4-6-10-24)29(36)19-34(32(37)38)20-33(3,35)21-34/h4-6,9-10,17-18,22,26-28H,7-8,11-16,19-21H2,1-3H3,(H,37,38). The second-order valence-corrected chi connectivity index (χ2v) is 12.9. The van der Waals surface area contributed by atoms with Crippen molar-refractivity contribution in [2.45, 2.75) is 115 Å². The summed E-state index contributed by atoms with van der Waals surface area (Å²) in [6, 6.07) is 14.4. The molecule has 2 aromatic rings. The number of carboxylic acid groups (broad SMARTS) is 1. The SMILES string of the molecule is Cc1c(OC2CC2)cc(C(C)C(CCCCc2ccccc2)C(=O)CC2(C(=O)O)CC(C)(F)C2)cc1OC1CC1. The van der Waals surface area contributed by atoms with Crippen LogP contribution >= 0.6 is 0 Å². The number of carbonyl (C=O) groups is 2. The number of rotatable bonds is 15. The summed E-state index contributed by atoms with van der Waals surface area (Å²) in [5.74, 6) is -0.0553. The normalized spacial score (nSPS) is 25.5. The van der Waals surface area contributed by atoms with Crippen molar-refractivity contribution in [3.63, 3.8) is 0 Å². The van der Waals surface area contributed by atoms with E-state index < -0.39 is 17.1 Å². The van der Waals surface area contributed by atoms with Crippen LogP contribution in [0.25, 0.3) is 0 Å². The molecule has 5 rings (SSSR count). The lowest BCUT2D eigenvalue weighted by Gasteiger charge is -2.47. The van der Waals surface area contributed by atoms with Crippen LogP contribution in [-0.2, 0) is 16.0 Å². The number of carbonyl (C=O) groups excluding carboxylic acids is 1. The van der Waals surface area contributed by atoms with Gasteiger partial charge >= 0.3 is 5.97 Å². The van der Waals surface area contributed by atoms with E-state index >= 15 is 0 Å². The highest BCUT2D eigenvalue weighted by atomic mass is 19.1. The third-order valence-electron chi connectivity index (χ3n) is 8.97. The monoisotopic (exact) mass is 550 g/mol. The third-order valence-corrected chi connectivity index (χ3v) is 8.97. The van der Waals surface area contributed by atoms with Crippen molar-refractivity contribution in [2.24, 2.45) is 11.3 Å². The summed E-state index contributed by atoms with van der Waals surface area (Å²) in [5, 5.41) is 9.97. The fourth-order valence-corrected chi connectivity index (χ4v) is 6.36. The van der Waals surface area contributed by atoms with Crippen LogP contribution in [0.3, 0.4) is 0 Å². The van der Waals surface area contributed by atoms with E-state index in [2.05, 4.69) is 31.2 Å². The molecule has 3 saturated carbocycles. The molecule has 6 heteroatoms. The van der Waals surface area contributed by atoms with Gasteiger partial charge in [0.05, 0.1) is 17.6 Å². The largest absolute Gasteiger partial charge is 0.490 e. The number of hydrogen-bond donors (Lipinski definition) is 1. The molecule has 0 aliphatic heterocycles. The molecule has 0 saturated heterocycles. The molecule has 5 nitrogen and oxygen atoms in total. The Morgan fingerprint density at radius 1 is 1.00 bits per heavy atom. The molecule has 3 fully saturated rings. The minimum absolute atomic E-state index is 0.0833. The lowest BCUT2D eigenvalue weighted by Crippen LogP contribution is -2.53. The van der Waals surface area contributed by atoms with E-state index in [1.165, 1.54) is 12.5 Å². The number of ketones is 1. The number of aryl methyl sites for hydroxylation is 1. The quantitative estimate of drug-likeness (QED) is 0.229. The van der Waals surface area contributed by atoms with E-state index in [0.29, 0.717) is 6.42 Å². The van der Waals surface area contributed by atoms with E-state index in [0.717, 1.165) is 67.6 Å². The number of benzene rings is 2. The van der Waals surface area contributed by atoms with E-state index in [4.69, 9.17) is 9.47 Å². The summed E-state index contributed by atoms with van der Waals surface area (Å²) in [7, 11) is 0. The maximum atomic E-state index is 14.5. The Hall–Kier alpha value is -2.89. The van der Waals surface area contributed by atoms with Crippen molar-refractivity contribution in [1.82, 2.24) is 0 Å². The van der Waals surface area contributed by atoms with E-state index in [9.17, 15) is 19.1 Å². The van der Waals surface area contributed by atoms with Gasteiger partial charge in [-0.2, -0.15) is 0 Å². The summed E-state index contributed by atoms with van der Waals surface area (Å²) >= 11 is 0. The summed E-state index contributed by atoms with van der Waals surface area (Å²) in [5.41, 5.74) is 0.392. The van der Waals surface area contributed by atoms with Gasteiger partial charge in [0.15, 0.2) is 0 Å². The molecular formula is C34H43FO5. The number of aliphatic carboxylic acids is 1. The Labute approximate surface area is 237 Å². The summed E-state index contributed by atoms with van der Waals surface area (Å²) in [6.07, 6.45) is 7.67. The smallest absolute Gasteiger partial charge is 0.310 e. The molecule has 0 spiro atoms. The van der Waals surface area contributed by atoms with Gasteiger partial charge in [0.25, 0.3) is 0 Å². The second-order valence-electron chi connectivity index (χ2n) is 12.9. The van der Waals surface area contributed by atoms with E-state index in [1.807, 2.05) is 25.1 Å². The van der Waals surface area contributed by atoms with Crippen LogP contribution in [0.4, 0.5) is 4.39 Å². The molecule has 2 atom stereocenters. The van der Waals surface area contributed by atoms with Crippen molar-refractivity contribution in [1.29, 1.82) is 0 Å². The van der Waals surface area contributed by atoms with Gasteiger partial charge in [-0.3, -0.25) is 9.59 Å². The zero-order chi connectivity index (χ0) is 28.5. The van der Waals surface area contributed by atoms with Gasteiger partial charge in [-0.25, -0.2) is 4.39 Å². The van der Waals surface area contributed by atoms with Gasteiger partial charge in [-0.1, -0.05) is 43.7 Å². The third kappa shape index (κ3) is 6.87. The first-order valence-electron chi connectivity index (χ1n) is 15.0. The number of alkyl halides is 1. The molecule has 0 bridgehead atoms. The topological polar surface area (TPSA) is 72.8 Å². The Morgan fingerprint density at radius 3 is 2.08 bits per heavy atom. The van der Waals surface area contributed by atoms with Crippen molar-refractivity contribution in [3.8, 4) is 11.5 Å². The first kappa shape index (κ1) is 28.6. The van der Waals surface area contributed by atoms with Crippen molar-refractivity contribution in [2.75, 3.05) is 0 Å².